The zero-order chi connectivity index (χ0) is 15.5. The van der Waals surface area contributed by atoms with Crippen LogP contribution in [0.4, 0.5) is 5.82 Å². The number of rotatable bonds is 5. The monoisotopic (exact) mass is 306 g/mol. The van der Waals surface area contributed by atoms with Crippen molar-refractivity contribution in [2.75, 3.05) is 11.3 Å². The van der Waals surface area contributed by atoms with Crippen molar-refractivity contribution in [3.05, 3.63) is 47.7 Å². The second-order valence-corrected chi connectivity index (χ2v) is 6.30. The molecule has 5 nitrogen and oxygen atoms in total. The van der Waals surface area contributed by atoms with Crippen molar-refractivity contribution in [3.8, 4) is 5.75 Å². The number of ether oxygens (including phenoxy) is 1. The predicted molar refractivity (Wildman–Crippen MR) is 82.1 cm³/mol. The largest absolute Gasteiger partial charge is 0.492 e. The van der Waals surface area contributed by atoms with Crippen molar-refractivity contribution in [3.63, 3.8) is 0 Å². The normalized spacial score (nSPS) is 11.2. The molecule has 0 radical (unpaired) electrons. The van der Waals surface area contributed by atoms with Crippen LogP contribution in [0.2, 0.25) is 0 Å². The number of nitrogens with one attached hydrogen (secondary N) is 1. The first-order valence-corrected chi connectivity index (χ1v) is 8.10. The van der Waals surface area contributed by atoms with Crippen LogP contribution in [0.15, 0.2) is 41.3 Å². The highest BCUT2D eigenvalue weighted by Crippen LogP contribution is 2.26. The molecule has 0 atom stereocenters. The standard InChI is InChI=1S/C15H18N2O3S/c1-4-20-13-9-8-11(2)10-14(13)21(18,19)17-15-7-5-6-12(3)16-15/h5-10H,4H2,1-3H3,(H,16,17). The predicted octanol–water partition coefficient (Wildman–Crippen LogP) is 2.90. The summed E-state index contributed by atoms with van der Waals surface area (Å²) in [5, 5.41) is 0. The van der Waals surface area contributed by atoms with Crippen LogP contribution < -0.4 is 9.46 Å². The van der Waals surface area contributed by atoms with E-state index in [1.54, 1.807) is 37.3 Å². The Morgan fingerprint density at radius 3 is 2.62 bits per heavy atom. The average Bonchev–Trinajstić information content (AvgIpc) is 2.40. The maximum absolute atomic E-state index is 12.5. The number of benzene rings is 1. The molecule has 0 spiro atoms. The van der Waals surface area contributed by atoms with Crippen molar-refractivity contribution in [2.45, 2.75) is 25.7 Å². The van der Waals surface area contributed by atoms with Crippen LogP contribution in [0.3, 0.4) is 0 Å². The second-order valence-electron chi connectivity index (χ2n) is 4.65. The first-order chi connectivity index (χ1) is 9.92. The minimum atomic E-state index is -3.74. The molecule has 0 saturated carbocycles. The van der Waals surface area contributed by atoms with Gasteiger partial charge in [-0.25, -0.2) is 13.4 Å². The summed E-state index contributed by atoms with van der Waals surface area (Å²) >= 11 is 0. The maximum Gasteiger partial charge on any atom is 0.266 e. The molecular formula is C15H18N2O3S. The molecule has 0 saturated heterocycles. The van der Waals surface area contributed by atoms with Gasteiger partial charge in [0.2, 0.25) is 0 Å². The molecule has 0 aliphatic heterocycles. The number of hydrogen-bond acceptors (Lipinski definition) is 4. The van der Waals surface area contributed by atoms with Crippen LogP contribution in [0.25, 0.3) is 0 Å². The van der Waals surface area contributed by atoms with Gasteiger partial charge in [-0.3, -0.25) is 4.72 Å². The van der Waals surface area contributed by atoms with Crippen LogP contribution in [0.5, 0.6) is 5.75 Å². The summed E-state index contributed by atoms with van der Waals surface area (Å²) in [6, 6.07) is 10.2. The fourth-order valence-electron chi connectivity index (χ4n) is 1.89. The van der Waals surface area contributed by atoms with Crippen LogP contribution >= 0.6 is 0 Å². The Balaban J connectivity index is 2.41. The molecule has 1 N–H and O–H groups in total. The lowest BCUT2D eigenvalue weighted by molar-refractivity contribution is 0.331. The molecule has 0 unspecified atom stereocenters. The SMILES string of the molecule is CCOc1ccc(C)cc1S(=O)(=O)Nc1cccc(C)n1. The number of nitrogens with zero attached hydrogens (tertiary/aromatic N) is 1. The van der Waals surface area contributed by atoms with E-state index in [1.165, 1.54) is 0 Å². The maximum atomic E-state index is 12.5. The lowest BCUT2D eigenvalue weighted by Gasteiger charge is -2.13. The number of aryl methyl sites for hydroxylation is 2. The third kappa shape index (κ3) is 3.72. The summed E-state index contributed by atoms with van der Waals surface area (Å²) in [6.45, 7) is 5.84. The zero-order valence-electron chi connectivity index (χ0n) is 12.3. The van der Waals surface area contributed by atoms with Crippen LogP contribution in [-0.4, -0.2) is 20.0 Å². The molecule has 1 heterocycles. The zero-order valence-corrected chi connectivity index (χ0v) is 13.1. The third-order valence-corrected chi connectivity index (χ3v) is 4.19. The van der Waals surface area contributed by atoms with Crippen molar-refractivity contribution in [1.82, 2.24) is 4.98 Å². The molecule has 0 aliphatic rings. The van der Waals surface area contributed by atoms with Gasteiger partial charge >= 0.3 is 0 Å². The number of aromatic nitrogens is 1. The van der Waals surface area contributed by atoms with Gasteiger partial charge in [0.1, 0.15) is 16.5 Å². The summed E-state index contributed by atoms with van der Waals surface area (Å²) in [4.78, 5) is 4.27. The molecule has 0 fully saturated rings. The first-order valence-electron chi connectivity index (χ1n) is 6.62. The molecule has 1 aromatic heterocycles. The van der Waals surface area contributed by atoms with Gasteiger partial charge in [0, 0.05) is 5.69 Å². The van der Waals surface area contributed by atoms with E-state index in [0.29, 0.717) is 18.2 Å². The fourth-order valence-corrected chi connectivity index (χ4v) is 3.12. The van der Waals surface area contributed by atoms with Crippen molar-refractivity contribution in [1.29, 1.82) is 0 Å². The van der Waals surface area contributed by atoms with Gasteiger partial charge in [0.25, 0.3) is 10.0 Å². The summed E-state index contributed by atoms with van der Waals surface area (Å²) in [5.74, 6) is 0.627. The summed E-state index contributed by atoms with van der Waals surface area (Å²) < 4.78 is 32.9. The summed E-state index contributed by atoms with van der Waals surface area (Å²) in [5.41, 5.74) is 1.58. The van der Waals surface area contributed by atoms with E-state index in [-0.39, 0.29) is 4.90 Å². The molecule has 0 aliphatic carbocycles. The molecule has 0 amide bonds. The summed E-state index contributed by atoms with van der Waals surface area (Å²) in [6.07, 6.45) is 0. The summed E-state index contributed by atoms with van der Waals surface area (Å²) in [7, 11) is -3.74. The van der Waals surface area contributed by atoms with Gasteiger partial charge < -0.3 is 4.74 Å². The van der Waals surface area contributed by atoms with Gasteiger partial charge in [-0.05, 0) is 50.6 Å². The lowest BCUT2D eigenvalue weighted by Crippen LogP contribution is -2.15. The number of hydrogen-bond donors (Lipinski definition) is 1. The molecule has 0 bridgehead atoms. The van der Waals surface area contributed by atoms with Crippen molar-refractivity contribution < 1.29 is 13.2 Å². The topological polar surface area (TPSA) is 68.3 Å². The molecule has 6 heteroatoms. The molecule has 21 heavy (non-hydrogen) atoms. The van der Waals surface area contributed by atoms with Crippen molar-refractivity contribution in [2.24, 2.45) is 0 Å². The minimum Gasteiger partial charge on any atom is -0.492 e. The molecule has 112 valence electrons. The highest BCUT2D eigenvalue weighted by atomic mass is 32.2. The van der Waals surface area contributed by atoms with Gasteiger partial charge in [-0.15, -0.1) is 0 Å². The minimum absolute atomic E-state index is 0.118. The number of pyridine rings is 1. The molecule has 2 rings (SSSR count). The van der Waals surface area contributed by atoms with Crippen LogP contribution in [0.1, 0.15) is 18.2 Å². The van der Waals surface area contributed by atoms with Crippen molar-refractivity contribution >= 4 is 15.8 Å². The Hall–Kier alpha value is -2.08. The van der Waals surface area contributed by atoms with Crippen LogP contribution in [0, 0.1) is 13.8 Å². The lowest BCUT2D eigenvalue weighted by atomic mass is 10.2. The second kappa shape index (κ2) is 6.13. The highest BCUT2D eigenvalue weighted by molar-refractivity contribution is 7.92. The number of sulfonamides is 1. The van der Waals surface area contributed by atoms with E-state index in [1.807, 2.05) is 19.9 Å². The Bertz CT molecular complexity index is 742. The van der Waals surface area contributed by atoms with Crippen LogP contribution in [-0.2, 0) is 10.0 Å². The van der Waals surface area contributed by atoms with Gasteiger partial charge in [0.05, 0.1) is 6.61 Å². The molecule has 2 aromatic rings. The van der Waals surface area contributed by atoms with E-state index in [2.05, 4.69) is 9.71 Å². The Labute approximate surface area is 125 Å². The first kappa shape index (κ1) is 15.3. The van der Waals surface area contributed by atoms with Gasteiger partial charge in [-0.2, -0.15) is 0 Å². The van der Waals surface area contributed by atoms with Gasteiger partial charge in [-0.1, -0.05) is 12.1 Å². The van der Waals surface area contributed by atoms with Gasteiger partial charge in [0.15, 0.2) is 0 Å². The Morgan fingerprint density at radius 1 is 1.19 bits per heavy atom. The molecule has 1 aromatic carbocycles. The van der Waals surface area contributed by atoms with E-state index >= 15 is 0 Å². The van der Waals surface area contributed by atoms with E-state index in [4.69, 9.17) is 4.74 Å². The van der Waals surface area contributed by atoms with E-state index in [0.717, 1.165) is 11.3 Å². The number of anilines is 1. The Kier molecular flexibility index (Phi) is 4.47. The highest BCUT2D eigenvalue weighted by Gasteiger charge is 2.20. The fraction of sp³-hybridized carbons (Fsp3) is 0.267. The van der Waals surface area contributed by atoms with E-state index < -0.39 is 10.0 Å². The smallest absolute Gasteiger partial charge is 0.266 e. The van der Waals surface area contributed by atoms with E-state index in [9.17, 15) is 8.42 Å². The molecular weight excluding hydrogens is 288 g/mol. The quantitative estimate of drug-likeness (QED) is 0.922. The third-order valence-electron chi connectivity index (χ3n) is 2.82. The average molecular weight is 306 g/mol. The Morgan fingerprint density at radius 2 is 1.95 bits per heavy atom.